The minimum atomic E-state index is 0.168. The van der Waals surface area contributed by atoms with Gasteiger partial charge in [-0.15, -0.1) is 0 Å². The average molecular weight is 1460 g/mol. The summed E-state index contributed by atoms with van der Waals surface area (Å²) in [7, 11) is 0. The molecule has 0 saturated carbocycles. The molecule has 0 spiro atoms. The first-order valence-electron chi connectivity index (χ1n) is 35.2. The van der Waals surface area contributed by atoms with Crippen molar-refractivity contribution in [1.29, 1.82) is 0 Å². The molecule has 0 fully saturated rings. The van der Waals surface area contributed by atoms with Gasteiger partial charge in [-0.3, -0.25) is 0 Å². The molecule has 11 aromatic carbocycles. The SMILES string of the molecule is Clc1ccc(-c2c3nc(c(-c4ccc(Cl)cc4)c4ccc([nH]4)c(-c4ccc(OCc5cc(OCc6cc(OCc7ccccc7)cc(OCc7ccccc7)c6)cc(OCc6cc(OCc7ccccc7)cc(OCc7ccccc7)c6)c5)cc4)c4nc(c(-c5ccc(Cl)cc5)c5ccc2[nH]5)C=C4)C=C3)cc1. The standard InChI is InChI=1S/C93H69Cl3N4O7/c94-72-29-21-68(22-30-72)90-82-37-39-84(97-82)91(69-23-31-73(95)32-24-69)86-41-43-88(99-86)93(89-44-42-87(100-89)92(85-40-38-83(90)98-85)70-25-33-74(96)34-26-70)71-27-35-75(36-28-71)101-58-65-45-80(106-59-66-47-76(102-54-61-13-5-1-6-14-61)51-77(48-66)103-55-62-15-7-2-8-16-62)53-81(46-65)107-60-67-49-78(104-56-63-17-9-3-10-18-63)52-79(50-67)105-57-64-19-11-4-12-20-64/h1-53,97,100H,54-60H2. The number of hydrogen-bond donors (Lipinski definition) is 2. The van der Waals surface area contributed by atoms with Crippen LogP contribution in [0.4, 0.5) is 0 Å². The molecule has 2 aliphatic rings. The van der Waals surface area contributed by atoms with E-state index in [1.165, 1.54) is 0 Å². The molecule has 0 aliphatic carbocycles. The molecule has 0 amide bonds. The summed E-state index contributed by atoms with van der Waals surface area (Å²) in [6.07, 6.45) is 8.29. The highest BCUT2D eigenvalue weighted by molar-refractivity contribution is 6.31. The molecule has 14 aromatic rings. The molecule has 8 bridgehead atoms. The number of nitrogens with zero attached hydrogens (tertiary/aromatic N) is 2. The quantitative estimate of drug-likeness (QED) is 0.0576. The van der Waals surface area contributed by atoms with Crippen LogP contribution in [0.15, 0.2) is 297 Å². The van der Waals surface area contributed by atoms with Gasteiger partial charge in [0.2, 0.25) is 0 Å². The number of ether oxygens (including phenoxy) is 7. The first-order chi connectivity index (χ1) is 52.6. The Morgan fingerprint density at radius 3 is 0.673 bits per heavy atom. The van der Waals surface area contributed by atoms with Crippen molar-refractivity contribution >= 4 is 81.2 Å². The number of fused-ring (bicyclic) bond motifs is 8. The molecule has 5 heterocycles. The molecule has 0 saturated heterocycles. The van der Waals surface area contributed by atoms with Gasteiger partial charge in [0.25, 0.3) is 0 Å². The predicted molar refractivity (Wildman–Crippen MR) is 431 cm³/mol. The van der Waals surface area contributed by atoms with E-state index in [1.807, 2.05) is 261 Å². The molecule has 2 aliphatic heterocycles. The fraction of sp³-hybridized carbons (Fsp3) is 0.0753. The molecule has 11 nitrogen and oxygen atoms in total. The Bertz CT molecular complexity index is 5400. The van der Waals surface area contributed by atoms with E-state index < -0.39 is 0 Å². The van der Waals surface area contributed by atoms with E-state index in [0.29, 0.717) is 81.7 Å². The lowest BCUT2D eigenvalue weighted by atomic mass is 10.0. The summed E-state index contributed by atoms with van der Waals surface area (Å²) in [5.41, 5.74) is 20.4. The molecule has 2 N–H and O–H groups in total. The van der Waals surface area contributed by atoms with E-state index in [1.54, 1.807) is 0 Å². The normalized spacial score (nSPS) is 11.5. The Morgan fingerprint density at radius 2 is 0.430 bits per heavy atom. The lowest BCUT2D eigenvalue weighted by Gasteiger charge is -2.16. The molecule has 0 unspecified atom stereocenters. The minimum absolute atomic E-state index is 0.168. The van der Waals surface area contributed by atoms with Crippen LogP contribution < -0.4 is 33.2 Å². The fourth-order valence-corrected chi connectivity index (χ4v) is 13.5. The van der Waals surface area contributed by atoms with Gasteiger partial charge in [0.15, 0.2) is 0 Å². The molecule has 107 heavy (non-hydrogen) atoms. The van der Waals surface area contributed by atoms with E-state index >= 15 is 0 Å². The maximum atomic E-state index is 6.77. The fourth-order valence-electron chi connectivity index (χ4n) is 13.1. The molecule has 14 heteroatoms. The van der Waals surface area contributed by atoms with E-state index in [9.17, 15) is 0 Å². The Morgan fingerprint density at radius 1 is 0.215 bits per heavy atom. The summed E-state index contributed by atoms with van der Waals surface area (Å²) in [6.45, 7) is 2.06. The predicted octanol–water partition coefficient (Wildman–Crippen LogP) is 24.3. The van der Waals surface area contributed by atoms with Gasteiger partial charge >= 0.3 is 0 Å². The zero-order chi connectivity index (χ0) is 72.3. The second-order valence-corrected chi connectivity index (χ2v) is 27.3. The van der Waals surface area contributed by atoms with Gasteiger partial charge in [0.1, 0.15) is 86.5 Å². The largest absolute Gasteiger partial charge is 0.489 e. The van der Waals surface area contributed by atoms with Crippen LogP contribution in [-0.2, 0) is 46.2 Å². The number of hydrogen-bond acceptors (Lipinski definition) is 9. The first kappa shape index (κ1) is 68.9. The van der Waals surface area contributed by atoms with E-state index in [-0.39, 0.29) is 19.8 Å². The number of rotatable bonds is 25. The van der Waals surface area contributed by atoms with E-state index in [0.717, 1.165) is 128 Å². The third-order valence-electron chi connectivity index (χ3n) is 18.3. The molecule has 524 valence electrons. The molecule has 0 atom stereocenters. The van der Waals surface area contributed by atoms with Crippen molar-refractivity contribution < 1.29 is 33.2 Å². The van der Waals surface area contributed by atoms with Gasteiger partial charge < -0.3 is 43.1 Å². The summed E-state index contributed by atoms with van der Waals surface area (Å²) in [6, 6.07) is 98.1. The summed E-state index contributed by atoms with van der Waals surface area (Å²) in [5, 5.41) is 1.89. The summed E-state index contributed by atoms with van der Waals surface area (Å²) in [5.74, 6) is 4.37. The van der Waals surface area contributed by atoms with Crippen molar-refractivity contribution in [2.45, 2.75) is 46.2 Å². The maximum absolute atomic E-state index is 6.77. The van der Waals surface area contributed by atoms with Gasteiger partial charge in [0.05, 0.1) is 22.8 Å². The highest BCUT2D eigenvalue weighted by atomic mass is 35.5. The van der Waals surface area contributed by atoms with Gasteiger partial charge in [-0.1, -0.05) is 205 Å². The molecule has 3 aromatic heterocycles. The van der Waals surface area contributed by atoms with Gasteiger partial charge in [-0.05, 0) is 195 Å². The minimum Gasteiger partial charge on any atom is -0.489 e. The number of aromatic nitrogens is 4. The second-order valence-electron chi connectivity index (χ2n) is 25.9. The molecular weight excluding hydrogens is 1390 g/mol. The van der Waals surface area contributed by atoms with Crippen molar-refractivity contribution in [2.24, 2.45) is 0 Å². The topological polar surface area (TPSA) is 122 Å². The Hall–Kier alpha value is -12.5. The van der Waals surface area contributed by atoms with Gasteiger partial charge in [-0.2, -0.15) is 0 Å². The van der Waals surface area contributed by atoms with Crippen molar-refractivity contribution in [2.75, 3.05) is 0 Å². The average Bonchev–Trinajstić information content (AvgIpc) is 1.62. The van der Waals surface area contributed by atoms with Gasteiger partial charge in [0, 0.05) is 77.6 Å². The van der Waals surface area contributed by atoms with Crippen LogP contribution in [0.2, 0.25) is 15.1 Å². The summed E-state index contributed by atoms with van der Waals surface area (Å²) < 4.78 is 45.9. The highest BCUT2D eigenvalue weighted by Crippen LogP contribution is 2.41. The zero-order valence-corrected chi connectivity index (χ0v) is 60.2. The van der Waals surface area contributed by atoms with E-state index in [4.69, 9.17) is 77.9 Å². The maximum Gasteiger partial charge on any atom is 0.123 e. The Balaban J connectivity index is 0.748. The van der Waals surface area contributed by atoms with Crippen LogP contribution in [0.5, 0.6) is 40.2 Å². The van der Waals surface area contributed by atoms with Crippen LogP contribution in [0.25, 0.3) is 90.9 Å². The molecular formula is C93H69Cl3N4O7. The number of halogens is 3. The number of benzene rings is 11. The Kier molecular flexibility index (Phi) is 20.8. The van der Waals surface area contributed by atoms with Crippen molar-refractivity contribution in [3.8, 4) is 84.8 Å². The molecule has 16 rings (SSSR count). The van der Waals surface area contributed by atoms with Crippen molar-refractivity contribution in [1.82, 2.24) is 19.9 Å². The van der Waals surface area contributed by atoms with Crippen molar-refractivity contribution in [3.05, 3.63) is 374 Å². The van der Waals surface area contributed by atoms with E-state index in [2.05, 4.69) is 70.7 Å². The Labute approximate surface area is 635 Å². The molecule has 0 radical (unpaired) electrons. The second kappa shape index (κ2) is 32.2. The third kappa shape index (κ3) is 17.0. The zero-order valence-electron chi connectivity index (χ0n) is 57.9. The summed E-state index contributed by atoms with van der Waals surface area (Å²) >= 11 is 19.7. The highest BCUT2D eigenvalue weighted by Gasteiger charge is 2.21. The smallest absolute Gasteiger partial charge is 0.123 e. The summed E-state index contributed by atoms with van der Waals surface area (Å²) in [4.78, 5) is 18.6. The number of nitrogens with one attached hydrogen (secondary N) is 2. The van der Waals surface area contributed by atoms with Crippen LogP contribution >= 0.6 is 34.8 Å². The van der Waals surface area contributed by atoms with Crippen molar-refractivity contribution in [3.63, 3.8) is 0 Å². The number of H-pyrrole nitrogens is 2. The van der Waals surface area contributed by atoms with Crippen LogP contribution in [-0.4, -0.2) is 19.9 Å². The monoisotopic (exact) mass is 1460 g/mol. The van der Waals surface area contributed by atoms with Crippen LogP contribution in [0.1, 0.15) is 61.7 Å². The van der Waals surface area contributed by atoms with Gasteiger partial charge in [-0.25, -0.2) is 9.97 Å². The lowest BCUT2D eigenvalue weighted by molar-refractivity contribution is 0.273. The first-order valence-corrected chi connectivity index (χ1v) is 36.3. The number of aromatic amines is 2. The van der Waals surface area contributed by atoms with Crippen LogP contribution in [0, 0.1) is 0 Å². The lowest BCUT2D eigenvalue weighted by Crippen LogP contribution is -2.04. The third-order valence-corrected chi connectivity index (χ3v) is 19.1. The van der Waals surface area contributed by atoms with Crippen LogP contribution in [0.3, 0.4) is 0 Å².